The molecule has 1 saturated heterocycles. The third kappa shape index (κ3) is 4.59. The molecule has 3 heterocycles. The number of fused-ring (bicyclic) bond motifs is 2. The molecule has 12 heteroatoms. The molecular formula is C28H19ClFN3O5S2. The number of hydrogen-bond donors (Lipinski definition) is 2. The van der Waals surface area contributed by atoms with Crippen LogP contribution < -0.4 is 15.1 Å². The van der Waals surface area contributed by atoms with Gasteiger partial charge in [-0.05, 0) is 66.2 Å². The first-order valence-corrected chi connectivity index (χ1v) is 14.2. The van der Waals surface area contributed by atoms with Crippen LogP contribution in [0.1, 0.15) is 16.4 Å². The second-order valence-corrected chi connectivity index (χ2v) is 11.9. The Hall–Kier alpha value is -3.93. The summed E-state index contributed by atoms with van der Waals surface area (Å²) >= 11 is 8.03. The number of rotatable bonds is 5. The summed E-state index contributed by atoms with van der Waals surface area (Å²) in [6.07, 6.45) is 0. The van der Waals surface area contributed by atoms with Crippen molar-refractivity contribution >= 4 is 63.8 Å². The van der Waals surface area contributed by atoms with Gasteiger partial charge >= 0.3 is 4.87 Å². The van der Waals surface area contributed by atoms with E-state index in [0.29, 0.717) is 31.9 Å². The fourth-order valence-electron chi connectivity index (χ4n) is 5.02. The van der Waals surface area contributed by atoms with E-state index in [0.717, 1.165) is 28.0 Å². The normalized spacial score (nSPS) is 19.9. The molecule has 0 bridgehead atoms. The number of phenolic OH excluding ortho intramolecular Hbond substituents is 1. The van der Waals surface area contributed by atoms with Gasteiger partial charge in [-0.1, -0.05) is 46.8 Å². The lowest BCUT2D eigenvalue weighted by Gasteiger charge is -2.30. The molecule has 3 atom stereocenters. The van der Waals surface area contributed by atoms with Crippen LogP contribution in [-0.4, -0.2) is 32.6 Å². The van der Waals surface area contributed by atoms with Crippen molar-refractivity contribution < 1.29 is 23.9 Å². The number of nitrogens with one attached hydrogen (secondary N) is 1. The Morgan fingerprint density at radius 1 is 0.950 bits per heavy atom. The summed E-state index contributed by atoms with van der Waals surface area (Å²) in [4.78, 5) is 54.9. The second kappa shape index (κ2) is 10.2. The molecular weight excluding hydrogens is 577 g/mol. The molecule has 1 aromatic heterocycles. The highest BCUT2D eigenvalue weighted by atomic mass is 35.5. The minimum Gasteiger partial charge on any atom is -0.508 e. The standard InChI is InChI=1S/C28H19ClFN3O5S2/c29-15-3-9-18(10-4-15)33-25(36)22-21(14-1-11-19(34)12-2-14)24-27(39-23(22)26(33)37)32(28(38)40-24)13-20(35)31-17-7-5-16(30)6-8-17/h1-12,21-23,34H,13H2,(H,31,35)/t21-,22?,23?/m0/s1. The fraction of sp³-hybridized carbons (Fsp3) is 0.143. The topological polar surface area (TPSA) is 109 Å². The number of aromatic hydroxyl groups is 1. The molecule has 202 valence electrons. The van der Waals surface area contributed by atoms with E-state index < -0.39 is 45.5 Å². The summed E-state index contributed by atoms with van der Waals surface area (Å²) in [5.41, 5.74) is 1.41. The Labute approximate surface area is 240 Å². The quantitative estimate of drug-likeness (QED) is 0.320. The Morgan fingerprint density at radius 2 is 1.62 bits per heavy atom. The summed E-state index contributed by atoms with van der Waals surface area (Å²) in [7, 11) is 0. The predicted molar refractivity (Wildman–Crippen MR) is 151 cm³/mol. The summed E-state index contributed by atoms with van der Waals surface area (Å²) < 4.78 is 14.6. The highest BCUT2D eigenvalue weighted by Gasteiger charge is 2.56. The first-order valence-electron chi connectivity index (χ1n) is 12.1. The molecule has 2 N–H and O–H groups in total. The molecule has 3 amide bonds. The van der Waals surface area contributed by atoms with E-state index >= 15 is 0 Å². The first-order chi connectivity index (χ1) is 19.2. The molecule has 0 aliphatic carbocycles. The third-order valence-electron chi connectivity index (χ3n) is 6.82. The van der Waals surface area contributed by atoms with Crippen molar-refractivity contribution in [3.8, 4) is 5.75 Å². The van der Waals surface area contributed by atoms with Crippen LogP contribution in [0.5, 0.6) is 5.75 Å². The van der Waals surface area contributed by atoms with Gasteiger partial charge in [0.05, 0.1) is 16.6 Å². The molecule has 40 heavy (non-hydrogen) atoms. The number of imide groups is 1. The molecule has 0 radical (unpaired) electrons. The zero-order valence-electron chi connectivity index (χ0n) is 20.4. The van der Waals surface area contributed by atoms with E-state index in [4.69, 9.17) is 11.6 Å². The van der Waals surface area contributed by atoms with Crippen LogP contribution in [0.3, 0.4) is 0 Å². The number of benzene rings is 3. The van der Waals surface area contributed by atoms with Crippen LogP contribution in [0.25, 0.3) is 0 Å². The van der Waals surface area contributed by atoms with Crippen LogP contribution in [0, 0.1) is 11.7 Å². The lowest BCUT2D eigenvalue weighted by atomic mass is 9.83. The molecule has 2 aliphatic heterocycles. The van der Waals surface area contributed by atoms with Crippen molar-refractivity contribution in [2.75, 3.05) is 10.2 Å². The average Bonchev–Trinajstić information content (AvgIpc) is 3.37. The van der Waals surface area contributed by atoms with Crippen LogP contribution in [0.4, 0.5) is 15.8 Å². The van der Waals surface area contributed by atoms with Gasteiger partial charge in [0.25, 0.3) is 0 Å². The van der Waals surface area contributed by atoms with Crippen LogP contribution >= 0.6 is 34.7 Å². The molecule has 1 fully saturated rings. The Bertz CT molecular complexity index is 1700. The van der Waals surface area contributed by atoms with Crippen molar-refractivity contribution in [1.29, 1.82) is 0 Å². The largest absolute Gasteiger partial charge is 0.508 e. The smallest absolute Gasteiger partial charge is 0.308 e. The number of carbonyl (C=O) groups is 3. The third-order valence-corrected chi connectivity index (χ3v) is 9.67. The number of hydrogen-bond acceptors (Lipinski definition) is 7. The lowest BCUT2D eigenvalue weighted by molar-refractivity contribution is -0.122. The minimum absolute atomic E-state index is 0.0329. The molecule has 4 aromatic rings. The van der Waals surface area contributed by atoms with Gasteiger partial charge in [-0.3, -0.25) is 23.7 Å². The first kappa shape index (κ1) is 26.3. The number of anilines is 2. The number of nitrogens with zero attached hydrogens (tertiary/aromatic N) is 2. The van der Waals surface area contributed by atoms with Crippen molar-refractivity contribution in [3.63, 3.8) is 0 Å². The van der Waals surface area contributed by atoms with Gasteiger partial charge in [0.2, 0.25) is 17.7 Å². The predicted octanol–water partition coefficient (Wildman–Crippen LogP) is 4.84. The van der Waals surface area contributed by atoms with Crippen molar-refractivity contribution in [2.24, 2.45) is 5.92 Å². The second-order valence-electron chi connectivity index (χ2n) is 9.30. The van der Waals surface area contributed by atoms with E-state index in [9.17, 15) is 28.7 Å². The molecule has 8 nitrogen and oxygen atoms in total. The SMILES string of the molecule is O=C(Cn1c2c(sc1=O)[C@@H](c1ccc(O)cc1)C1C(=O)N(c3ccc(Cl)cc3)C(=O)C1S2)Nc1ccc(F)cc1. The van der Waals surface area contributed by atoms with Gasteiger partial charge in [0.1, 0.15) is 23.4 Å². The van der Waals surface area contributed by atoms with E-state index in [-0.39, 0.29) is 12.3 Å². The van der Waals surface area contributed by atoms with E-state index in [2.05, 4.69) is 5.32 Å². The maximum absolute atomic E-state index is 13.8. The lowest BCUT2D eigenvalue weighted by Crippen LogP contribution is -2.33. The van der Waals surface area contributed by atoms with Gasteiger partial charge in [0.15, 0.2) is 0 Å². The summed E-state index contributed by atoms with van der Waals surface area (Å²) in [5.74, 6) is -3.23. The molecule has 6 rings (SSSR count). The Balaban J connectivity index is 1.40. The molecule has 2 aliphatic rings. The summed E-state index contributed by atoms with van der Waals surface area (Å²) in [6.45, 7) is -0.336. The summed E-state index contributed by atoms with van der Waals surface area (Å²) in [5, 5.41) is 12.6. The van der Waals surface area contributed by atoms with Gasteiger partial charge in [0, 0.05) is 21.5 Å². The minimum atomic E-state index is -0.852. The fourth-order valence-corrected chi connectivity index (χ4v) is 7.92. The van der Waals surface area contributed by atoms with Crippen molar-refractivity contribution in [3.05, 3.63) is 104 Å². The zero-order valence-corrected chi connectivity index (χ0v) is 22.8. The highest BCUT2D eigenvalue weighted by molar-refractivity contribution is 8.00. The molecule has 0 spiro atoms. The maximum Gasteiger partial charge on any atom is 0.308 e. The van der Waals surface area contributed by atoms with E-state index in [1.807, 2.05) is 0 Å². The number of phenols is 1. The molecule has 2 unspecified atom stereocenters. The van der Waals surface area contributed by atoms with Gasteiger partial charge < -0.3 is 10.4 Å². The van der Waals surface area contributed by atoms with Gasteiger partial charge in [-0.25, -0.2) is 9.29 Å². The van der Waals surface area contributed by atoms with E-state index in [1.165, 1.54) is 41.0 Å². The van der Waals surface area contributed by atoms with Crippen LogP contribution in [-0.2, 0) is 20.9 Å². The van der Waals surface area contributed by atoms with Crippen LogP contribution in [0.15, 0.2) is 82.6 Å². The van der Waals surface area contributed by atoms with Crippen molar-refractivity contribution in [1.82, 2.24) is 4.57 Å². The molecule has 0 saturated carbocycles. The van der Waals surface area contributed by atoms with Gasteiger partial charge in [-0.15, -0.1) is 0 Å². The summed E-state index contributed by atoms with van der Waals surface area (Å²) in [6, 6.07) is 17.9. The number of thiazole rings is 1. The maximum atomic E-state index is 13.8. The molecule has 3 aromatic carbocycles. The number of halogens is 2. The Kier molecular flexibility index (Phi) is 6.73. The van der Waals surface area contributed by atoms with Gasteiger partial charge in [-0.2, -0.15) is 0 Å². The van der Waals surface area contributed by atoms with Crippen LogP contribution in [0.2, 0.25) is 5.02 Å². The number of carbonyl (C=O) groups excluding carboxylic acids is 3. The number of amides is 3. The average molecular weight is 596 g/mol. The van der Waals surface area contributed by atoms with E-state index in [1.54, 1.807) is 36.4 Å². The number of aromatic nitrogens is 1. The zero-order chi connectivity index (χ0) is 28.1. The number of thioether (sulfide) groups is 1. The monoisotopic (exact) mass is 595 g/mol. The van der Waals surface area contributed by atoms with Crippen molar-refractivity contribution in [2.45, 2.75) is 22.7 Å². The highest BCUT2D eigenvalue weighted by Crippen LogP contribution is 2.54. The Morgan fingerprint density at radius 3 is 2.30 bits per heavy atom.